The number of furan rings is 1. The Balaban J connectivity index is 1.73. The van der Waals surface area contributed by atoms with Crippen molar-refractivity contribution in [2.75, 3.05) is 5.32 Å². The molecule has 0 fully saturated rings. The van der Waals surface area contributed by atoms with Gasteiger partial charge in [-0.25, -0.2) is 0 Å². The van der Waals surface area contributed by atoms with Crippen LogP contribution in [0.3, 0.4) is 0 Å². The summed E-state index contributed by atoms with van der Waals surface area (Å²) in [6.45, 7) is 3.79. The average molecular weight is 427 g/mol. The van der Waals surface area contributed by atoms with Gasteiger partial charge >= 0.3 is 0 Å². The SMILES string of the molecule is Cc1ccc(C(=O)NC(C)c2ccc(Br)cc2)cc1NC(=O)c1ccco1. The highest BCUT2D eigenvalue weighted by atomic mass is 79.9. The van der Waals surface area contributed by atoms with Gasteiger partial charge in [0.1, 0.15) is 0 Å². The first kappa shape index (κ1) is 18.9. The second-order valence-corrected chi connectivity index (χ2v) is 7.12. The Morgan fingerprint density at radius 2 is 1.78 bits per heavy atom. The summed E-state index contributed by atoms with van der Waals surface area (Å²) in [5.41, 5.74) is 2.90. The van der Waals surface area contributed by atoms with Gasteiger partial charge in [-0.1, -0.05) is 34.1 Å². The summed E-state index contributed by atoms with van der Waals surface area (Å²) in [4.78, 5) is 24.8. The smallest absolute Gasteiger partial charge is 0.291 e. The molecule has 0 saturated carbocycles. The monoisotopic (exact) mass is 426 g/mol. The van der Waals surface area contributed by atoms with E-state index in [0.717, 1.165) is 15.6 Å². The molecule has 6 heteroatoms. The predicted octanol–water partition coefficient (Wildman–Crippen LogP) is 5.09. The van der Waals surface area contributed by atoms with Crippen molar-refractivity contribution in [3.63, 3.8) is 0 Å². The molecule has 2 N–H and O–H groups in total. The van der Waals surface area contributed by atoms with E-state index < -0.39 is 0 Å². The van der Waals surface area contributed by atoms with E-state index in [1.165, 1.54) is 6.26 Å². The van der Waals surface area contributed by atoms with Crippen LogP contribution in [0.1, 0.15) is 45.0 Å². The number of anilines is 1. The fourth-order valence-electron chi connectivity index (χ4n) is 2.60. The molecule has 0 saturated heterocycles. The van der Waals surface area contributed by atoms with Gasteiger partial charge in [-0.05, 0) is 61.4 Å². The molecule has 27 heavy (non-hydrogen) atoms. The van der Waals surface area contributed by atoms with E-state index >= 15 is 0 Å². The van der Waals surface area contributed by atoms with Crippen molar-refractivity contribution in [3.8, 4) is 0 Å². The molecule has 3 aromatic rings. The summed E-state index contributed by atoms with van der Waals surface area (Å²) in [6.07, 6.45) is 1.44. The van der Waals surface area contributed by atoms with Crippen LogP contribution < -0.4 is 10.6 Å². The zero-order valence-electron chi connectivity index (χ0n) is 15.0. The molecule has 2 amide bonds. The van der Waals surface area contributed by atoms with Crippen LogP contribution in [0.4, 0.5) is 5.69 Å². The number of benzene rings is 2. The summed E-state index contributed by atoms with van der Waals surface area (Å²) in [7, 11) is 0. The molecule has 0 spiro atoms. The van der Waals surface area contributed by atoms with Crippen LogP contribution in [-0.2, 0) is 0 Å². The lowest BCUT2D eigenvalue weighted by Crippen LogP contribution is -2.26. The maximum atomic E-state index is 12.6. The van der Waals surface area contributed by atoms with E-state index in [1.807, 2.05) is 38.1 Å². The molecule has 5 nitrogen and oxygen atoms in total. The second-order valence-electron chi connectivity index (χ2n) is 6.21. The first-order valence-corrected chi connectivity index (χ1v) is 9.25. The van der Waals surface area contributed by atoms with Crippen LogP contribution in [0.25, 0.3) is 0 Å². The molecule has 0 aliphatic heterocycles. The number of aryl methyl sites for hydroxylation is 1. The Bertz CT molecular complexity index is 950. The summed E-state index contributed by atoms with van der Waals surface area (Å²) in [5.74, 6) is -0.351. The molecular formula is C21H19BrN2O3. The number of amides is 2. The molecule has 0 bridgehead atoms. The third-order valence-corrected chi connectivity index (χ3v) is 4.74. The first-order valence-electron chi connectivity index (χ1n) is 8.46. The normalized spacial score (nSPS) is 11.7. The van der Waals surface area contributed by atoms with E-state index in [4.69, 9.17) is 4.42 Å². The van der Waals surface area contributed by atoms with Crippen LogP contribution in [0.2, 0.25) is 0 Å². The van der Waals surface area contributed by atoms with E-state index in [2.05, 4.69) is 26.6 Å². The van der Waals surface area contributed by atoms with Gasteiger partial charge in [0.2, 0.25) is 0 Å². The summed E-state index contributed by atoms with van der Waals surface area (Å²) in [6, 6.07) is 16.1. The third kappa shape index (κ3) is 4.65. The lowest BCUT2D eigenvalue weighted by atomic mass is 10.1. The van der Waals surface area contributed by atoms with Crippen LogP contribution in [-0.4, -0.2) is 11.8 Å². The van der Waals surface area contributed by atoms with Crippen molar-refractivity contribution in [1.82, 2.24) is 5.32 Å². The summed E-state index contributed by atoms with van der Waals surface area (Å²) < 4.78 is 6.09. The van der Waals surface area contributed by atoms with Crippen LogP contribution in [0.5, 0.6) is 0 Å². The highest BCUT2D eigenvalue weighted by Crippen LogP contribution is 2.20. The Kier molecular flexibility index (Phi) is 5.76. The van der Waals surface area contributed by atoms with Gasteiger partial charge in [0.15, 0.2) is 5.76 Å². The average Bonchev–Trinajstić information content (AvgIpc) is 3.18. The van der Waals surface area contributed by atoms with E-state index in [9.17, 15) is 9.59 Å². The standard InChI is InChI=1S/C21H19BrN2O3/c1-13-5-6-16(12-18(13)24-21(26)19-4-3-11-27-19)20(25)23-14(2)15-7-9-17(22)10-8-15/h3-12,14H,1-2H3,(H,23,25)(H,24,26). The van der Waals surface area contributed by atoms with E-state index in [1.54, 1.807) is 30.3 Å². The summed E-state index contributed by atoms with van der Waals surface area (Å²) >= 11 is 3.40. The molecule has 0 aliphatic carbocycles. The van der Waals surface area contributed by atoms with Crippen molar-refractivity contribution < 1.29 is 14.0 Å². The summed E-state index contributed by atoms with van der Waals surface area (Å²) in [5, 5.41) is 5.76. The van der Waals surface area contributed by atoms with Gasteiger partial charge in [0, 0.05) is 15.7 Å². The van der Waals surface area contributed by atoms with Crippen LogP contribution in [0.15, 0.2) is 69.8 Å². The Hall–Kier alpha value is -2.86. The molecule has 1 unspecified atom stereocenters. The maximum Gasteiger partial charge on any atom is 0.291 e. The third-order valence-electron chi connectivity index (χ3n) is 4.21. The molecular weight excluding hydrogens is 408 g/mol. The second kappa shape index (κ2) is 8.22. The number of carbonyl (C=O) groups is 2. The van der Waals surface area contributed by atoms with E-state index in [-0.39, 0.29) is 23.6 Å². The highest BCUT2D eigenvalue weighted by molar-refractivity contribution is 9.10. The zero-order chi connectivity index (χ0) is 19.4. The minimum absolute atomic E-state index is 0.145. The van der Waals surface area contributed by atoms with Crippen LogP contribution in [0, 0.1) is 6.92 Å². The van der Waals surface area contributed by atoms with Gasteiger partial charge in [0.05, 0.1) is 12.3 Å². The fraction of sp³-hybridized carbons (Fsp3) is 0.143. The number of carbonyl (C=O) groups excluding carboxylic acids is 2. The molecule has 3 rings (SSSR count). The Labute approximate surface area is 165 Å². The number of halogens is 1. The minimum atomic E-state index is -0.358. The van der Waals surface area contributed by atoms with Crippen LogP contribution >= 0.6 is 15.9 Å². The number of rotatable bonds is 5. The van der Waals surface area contributed by atoms with Crippen molar-refractivity contribution in [2.45, 2.75) is 19.9 Å². The highest BCUT2D eigenvalue weighted by Gasteiger charge is 2.15. The molecule has 1 aromatic heterocycles. The Morgan fingerprint density at radius 1 is 1.04 bits per heavy atom. The van der Waals surface area contributed by atoms with E-state index in [0.29, 0.717) is 11.3 Å². The molecule has 2 aromatic carbocycles. The number of hydrogen-bond acceptors (Lipinski definition) is 3. The van der Waals surface area contributed by atoms with Crippen molar-refractivity contribution >= 4 is 33.4 Å². The lowest BCUT2D eigenvalue weighted by Gasteiger charge is -2.15. The van der Waals surface area contributed by atoms with Gasteiger partial charge in [0.25, 0.3) is 11.8 Å². The largest absolute Gasteiger partial charge is 0.459 e. The van der Waals surface area contributed by atoms with Gasteiger partial charge in [-0.3, -0.25) is 9.59 Å². The molecule has 1 atom stereocenters. The van der Waals surface area contributed by atoms with Gasteiger partial charge < -0.3 is 15.1 Å². The van der Waals surface area contributed by atoms with Gasteiger partial charge in [-0.15, -0.1) is 0 Å². The van der Waals surface area contributed by atoms with Crippen molar-refractivity contribution in [1.29, 1.82) is 0 Å². The minimum Gasteiger partial charge on any atom is -0.459 e. The fourth-order valence-corrected chi connectivity index (χ4v) is 2.87. The number of nitrogens with one attached hydrogen (secondary N) is 2. The molecule has 0 aliphatic rings. The Morgan fingerprint density at radius 3 is 2.44 bits per heavy atom. The molecule has 0 radical (unpaired) electrons. The maximum absolute atomic E-state index is 12.6. The van der Waals surface area contributed by atoms with Crippen molar-refractivity contribution in [2.24, 2.45) is 0 Å². The predicted molar refractivity (Wildman–Crippen MR) is 108 cm³/mol. The molecule has 1 heterocycles. The van der Waals surface area contributed by atoms with Crippen molar-refractivity contribution in [3.05, 3.63) is 87.8 Å². The zero-order valence-corrected chi connectivity index (χ0v) is 16.5. The lowest BCUT2D eigenvalue weighted by molar-refractivity contribution is 0.0938. The first-order chi connectivity index (χ1) is 12.9. The molecule has 138 valence electrons. The number of hydrogen-bond donors (Lipinski definition) is 2. The van der Waals surface area contributed by atoms with Gasteiger partial charge in [-0.2, -0.15) is 0 Å². The topological polar surface area (TPSA) is 71.3 Å². The quantitative estimate of drug-likeness (QED) is 0.596.